The molecular formula is C13H23N5O3. The van der Waals surface area contributed by atoms with Crippen LogP contribution in [0.2, 0.25) is 0 Å². The van der Waals surface area contributed by atoms with Crippen molar-refractivity contribution in [2.24, 2.45) is 0 Å². The summed E-state index contributed by atoms with van der Waals surface area (Å²) in [5.74, 6) is 0. The average molecular weight is 297 g/mol. The quantitative estimate of drug-likeness (QED) is 0.684. The summed E-state index contributed by atoms with van der Waals surface area (Å²) in [5.41, 5.74) is 0.332. The van der Waals surface area contributed by atoms with Crippen LogP contribution in [0.25, 0.3) is 0 Å². The standard InChI is InChI=1S/C13H23N5O3/c1-13(2,3)21-12(20)15-11-6-10(11)14-7-9-8-18(4-5-19)17-16-9/h8,10-11,14,19H,4-7H2,1-3H3,(H,15,20). The summed E-state index contributed by atoms with van der Waals surface area (Å²) < 4.78 is 6.80. The molecule has 8 nitrogen and oxygen atoms in total. The van der Waals surface area contributed by atoms with Crippen molar-refractivity contribution in [3.05, 3.63) is 11.9 Å². The molecule has 2 atom stereocenters. The van der Waals surface area contributed by atoms with E-state index in [-0.39, 0.29) is 24.8 Å². The number of nitrogens with zero attached hydrogens (tertiary/aromatic N) is 3. The Bertz CT molecular complexity index is 482. The van der Waals surface area contributed by atoms with Gasteiger partial charge in [0, 0.05) is 24.8 Å². The van der Waals surface area contributed by atoms with Crippen molar-refractivity contribution in [1.29, 1.82) is 0 Å². The van der Waals surface area contributed by atoms with Gasteiger partial charge in [0.2, 0.25) is 0 Å². The SMILES string of the molecule is CC(C)(C)OC(=O)NC1CC1NCc1cn(CCO)nn1. The lowest BCUT2D eigenvalue weighted by atomic mass is 10.2. The van der Waals surface area contributed by atoms with Crippen LogP contribution < -0.4 is 10.6 Å². The molecular weight excluding hydrogens is 274 g/mol. The number of hydrogen-bond donors (Lipinski definition) is 3. The number of hydrogen-bond acceptors (Lipinski definition) is 6. The second-order valence-corrected chi connectivity index (χ2v) is 6.17. The van der Waals surface area contributed by atoms with E-state index in [1.54, 1.807) is 10.9 Å². The summed E-state index contributed by atoms with van der Waals surface area (Å²) >= 11 is 0. The third-order valence-corrected chi connectivity index (χ3v) is 2.95. The molecule has 0 radical (unpaired) electrons. The Hall–Kier alpha value is -1.67. The van der Waals surface area contributed by atoms with Gasteiger partial charge in [-0.3, -0.25) is 0 Å². The monoisotopic (exact) mass is 297 g/mol. The van der Waals surface area contributed by atoms with Gasteiger partial charge in [0.1, 0.15) is 5.60 Å². The van der Waals surface area contributed by atoms with Crippen molar-refractivity contribution in [2.75, 3.05) is 6.61 Å². The van der Waals surface area contributed by atoms with Gasteiger partial charge in [0.05, 0.1) is 18.8 Å². The van der Waals surface area contributed by atoms with Crippen molar-refractivity contribution in [3.8, 4) is 0 Å². The van der Waals surface area contributed by atoms with Gasteiger partial charge in [0.15, 0.2) is 0 Å². The molecule has 1 amide bonds. The van der Waals surface area contributed by atoms with Crippen LogP contribution in [0, 0.1) is 0 Å². The number of carbonyl (C=O) groups excluding carboxylic acids is 1. The molecule has 1 heterocycles. The molecule has 1 aromatic rings. The average Bonchev–Trinajstić information content (AvgIpc) is 2.92. The maximum Gasteiger partial charge on any atom is 0.407 e. The number of aliphatic hydroxyl groups is 1. The number of aliphatic hydroxyl groups excluding tert-OH is 1. The number of carbonyl (C=O) groups is 1. The number of amides is 1. The van der Waals surface area contributed by atoms with E-state index in [1.807, 2.05) is 20.8 Å². The Kier molecular flexibility index (Phi) is 4.79. The summed E-state index contributed by atoms with van der Waals surface area (Å²) in [6.45, 7) is 6.59. The molecule has 118 valence electrons. The molecule has 1 aromatic heterocycles. The van der Waals surface area contributed by atoms with Gasteiger partial charge in [-0.1, -0.05) is 5.21 Å². The normalized spacial score (nSPS) is 21.1. The Morgan fingerprint density at radius 1 is 1.52 bits per heavy atom. The zero-order chi connectivity index (χ0) is 15.5. The van der Waals surface area contributed by atoms with Crippen LogP contribution in [0.5, 0.6) is 0 Å². The number of nitrogens with one attached hydrogen (secondary N) is 2. The highest BCUT2D eigenvalue weighted by atomic mass is 16.6. The fourth-order valence-corrected chi connectivity index (χ4v) is 1.91. The molecule has 1 saturated carbocycles. The van der Waals surface area contributed by atoms with Crippen molar-refractivity contribution >= 4 is 6.09 Å². The van der Waals surface area contributed by atoms with E-state index >= 15 is 0 Å². The molecule has 2 rings (SSSR count). The lowest BCUT2D eigenvalue weighted by Gasteiger charge is -2.19. The van der Waals surface area contributed by atoms with E-state index in [2.05, 4.69) is 20.9 Å². The molecule has 0 aliphatic heterocycles. The second kappa shape index (κ2) is 6.40. The van der Waals surface area contributed by atoms with Crippen LogP contribution in [-0.4, -0.2) is 50.5 Å². The van der Waals surface area contributed by atoms with Gasteiger partial charge in [-0.05, 0) is 27.2 Å². The summed E-state index contributed by atoms with van der Waals surface area (Å²) in [5, 5.41) is 22.8. The number of rotatable bonds is 6. The van der Waals surface area contributed by atoms with Gasteiger partial charge in [-0.2, -0.15) is 0 Å². The van der Waals surface area contributed by atoms with Crippen molar-refractivity contribution in [3.63, 3.8) is 0 Å². The molecule has 8 heteroatoms. The Labute approximate surface area is 123 Å². The van der Waals surface area contributed by atoms with E-state index in [0.717, 1.165) is 12.1 Å². The van der Waals surface area contributed by atoms with Crippen molar-refractivity contribution in [2.45, 2.75) is 58.0 Å². The first-order valence-corrected chi connectivity index (χ1v) is 7.10. The van der Waals surface area contributed by atoms with Gasteiger partial charge < -0.3 is 20.5 Å². The molecule has 21 heavy (non-hydrogen) atoms. The molecule has 1 aliphatic rings. The molecule has 1 aliphatic carbocycles. The maximum atomic E-state index is 11.6. The number of ether oxygens (including phenoxy) is 1. The fourth-order valence-electron chi connectivity index (χ4n) is 1.91. The van der Waals surface area contributed by atoms with Crippen molar-refractivity contribution in [1.82, 2.24) is 25.6 Å². The number of aromatic nitrogens is 3. The zero-order valence-corrected chi connectivity index (χ0v) is 12.7. The predicted octanol–water partition coefficient (Wildman–Crippen LogP) is 0.0256. The first kappa shape index (κ1) is 15.7. The van der Waals surface area contributed by atoms with Gasteiger partial charge in [0.25, 0.3) is 0 Å². The summed E-state index contributed by atoms with van der Waals surface area (Å²) in [4.78, 5) is 11.6. The highest BCUT2D eigenvalue weighted by molar-refractivity contribution is 5.68. The van der Waals surface area contributed by atoms with E-state index < -0.39 is 5.60 Å². The van der Waals surface area contributed by atoms with Crippen LogP contribution in [0.15, 0.2) is 6.20 Å². The Morgan fingerprint density at radius 2 is 2.29 bits per heavy atom. The summed E-state index contributed by atoms with van der Waals surface area (Å²) in [6, 6.07) is 0.341. The zero-order valence-electron chi connectivity index (χ0n) is 12.7. The third kappa shape index (κ3) is 5.31. The Balaban J connectivity index is 1.66. The van der Waals surface area contributed by atoms with Crippen LogP contribution in [0.1, 0.15) is 32.9 Å². The fraction of sp³-hybridized carbons (Fsp3) is 0.769. The number of alkyl carbamates (subject to hydrolysis) is 1. The largest absolute Gasteiger partial charge is 0.444 e. The smallest absolute Gasteiger partial charge is 0.407 e. The molecule has 2 unspecified atom stereocenters. The molecule has 0 aromatic carbocycles. The molecule has 0 spiro atoms. The highest BCUT2D eigenvalue weighted by Crippen LogP contribution is 2.22. The molecule has 1 fully saturated rings. The summed E-state index contributed by atoms with van der Waals surface area (Å²) in [6.07, 6.45) is 2.29. The molecule has 0 saturated heterocycles. The van der Waals surface area contributed by atoms with Gasteiger partial charge in [-0.15, -0.1) is 5.10 Å². The van der Waals surface area contributed by atoms with E-state index in [1.165, 1.54) is 0 Å². The minimum atomic E-state index is -0.479. The Morgan fingerprint density at radius 3 is 2.95 bits per heavy atom. The minimum absolute atomic E-state index is 0.0424. The maximum absolute atomic E-state index is 11.6. The van der Waals surface area contributed by atoms with Crippen LogP contribution in [0.3, 0.4) is 0 Å². The van der Waals surface area contributed by atoms with E-state index in [0.29, 0.717) is 13.1 Å². The third-order valence-electron chi connectivity index (χ3n) is 2.95. The lowest BCUT2D eigenvalue weighted by molar-refractivity contribution is 0.0522. The highest BCUT2D eigenvalue weighted by Gasteiger charge is 2.38. The van der Waals surface area contributed by atoms with Gasteiger partial charge >= 0.3 is 6.09 Å². The second-order valence-electron chi connectivity index (χ2n) is 6.17. The van der Waals surface area contributed by atoms with E-state index in [9.17, 15) is 4.79 Å². The van der Waals surface area contributed by atoms with Crippen molar-refractivity contribution < 1.29 is 14.6 Å². The van der Waals surface area contributed by atoms with Crippen LogP contribution in [-0.2, 0) is 17.8 Å². The first-order valence-electron chi connectivity index (χ1n) is 7.10. The lowest BCUT2D eigenvalue weighted by Crippen LogP contribution is -2.36. The first-order chi connectivity index (χ1) is 9.87. The predicted molar refractivity (Wildman–Crippen MR) is 75.5 cm³/mol. The molecule has 0 bridgehead atoms. The van der Waals surface area contributed by atoms with Crippen LogP contribution >= 0.6 is 0 Å². The minimum Gasteiger partial charge on any atom is -0.444 e. The van der Waals surface area contributed by atoms with E-state index in [4.69, 9.17) is 9.84 Å². The summed E-state index contributed by atoms with van der Waals surface area (Å²) in [7, 11) is 0. The van der Waals surface area contributed by atoms with Crippen LogP contribution in [0.4, 0.5) is 4.79 Å². The topological polar surface area (TPSA) is 101 Å². The van der Waals surface area contributed by atoms with Gasteiger partial charge in [-0.25, -0.2) is 9.48 Å². The molecule has 3 N–H and O–H groups in total.